The number of carbonyl (C=O) groups excluding carboxylic acids is 1. The summed E-state index contributed by atoms with van der Waals surface area (Å²) in [6, 6.07) is 10.9. The Hall–Kier alpha value is -3.34. The summed E-state index contributed by atoms with van der Waals surface area (Å²) in [5.74, 6) is 0.145. The Morgan fingerprint density at radius 3 is 2.57 bits per heavy atom. The molecule has 11 heteroatoms. The topological polar surface area (TPSA) is 128 Å². The van der Waals surface area contributed by atoms with E-state index in [9.17, 15) is 23.3 Å². The minimum atomic E-state index is -3.93. The first-order chi connectivity index (χ1) is 14.1. The monoisotopic (exact) mass is 437 g/mol. The molecule has 0 spiro atoms. The van der Waals surface area contributed by atoms with Crippen LogP contribution in [0, 0.1) is 17.0 Å². The number of non-ortho nitro benzene ring substituents is 1. The minimum Gasteiger partial charge on any atom is -0.495 e. The van der Waals surface area contributed by atoms with Gasteiger partial charge in [0.2, 0.25) is 15.9 Å². The van der Waals surface area contributed by atoms with Crippen LogP contribution in [0.1, 0.15) is 5.56 Å². The maximum atomic E-state index is 12.3. The lowest BCUT2D eigenvalue weighted by Crippen LogP contribution is -2.41. The van der Waals surface area contributed by atoms with Crippen LogP contribution < -0.4 is 19.1 Å². The van der Waals surface area contributed by atoms with Gasteiger partial charge in [-0.2, -0.15) is 0 Å². The van der Waals surface area contributed by atoms with Crippen molar-refractivity contribution in [3.63, 3.8) is 0 Å². The Morgan fingerprint density at radius 1 is 1.23 bits per heavy atom. The van der Waals surface area contributed by atoms with Crippen LogP contribution in [0.5, 0.6) is 11.5 Å². The van der Waals surface area contributed by atoms with Crippen LogP contribution in [0.3, 0.4) is 0 Å². The van der Waals surface area contributed by atoms with E-state index in [1.165, 1.54) is 19.2 Å². The van der Waals surface area contributed by atoms with Gasteiger partial charge in [-0.05, 0) is 30.7 Å². The lowest BCUT2D eigenvalue weighted by Gasteiger charge is -2.23. The molecule has 2 aromatic rings. The van der Waals surface area contributed by atoms with Crippen LogP contribution >= 0.6 is 0 Å². The van der Waals surface area contributed by atoms with E-state index < -0.39 is 27.4 Å². The van der Waals surface area contributed by atoms with E-state index in [1.807, 2.05) is 25.1 Å². The zero-order valence-electron chi connectivity index (χ0n) is 16.8. The average Bonchev–Trinajstić information content (AvgIpc) is 2.68. The Balaban J connectivity index is 2.07. The fourth-order valence-corrected chi connectivity index (χ4v) is 3.47. The summed E-state index contributed by atoms with van der Waals surface area (Å²) in [6.45, 7) is 1.70. The van der Waals surface area contributed by atoms with Gasteiger partial charge in [-0.1, -0.05) is 12.1 Å². The highest BCUT2D eigenvalue weighted by Gasteiger charge is 2.26. The Kier molecular flexibility index (Phi) is 7.59. The van der Waals surface area contributed by atoms with Crippen LogP contribution in [0.4, 0.5) is 11.4 Å². The van der Waals surface area contributed by atoms with E-state index in [1.54, 1.807) is 6.07 Å². The number of aryl methyl sites for hydroxylation is 1. The summed E-state index contributed by atoms with van der Waals surface area (Å²) in [5.41, 5.74) is 0.609. The van der Waals surface area contributed by atoms with Gasteiger partial charge in [-0.25, -0.2) is 8.42 Å². The molecule has 0 heterocycles. The van der Waals surface area contributed by atoms with Gasteiger partial charge < -0.3 is 14.8 Å². The van der Waals surface area contributed by atoms with Gasteiger partial charge in [0.15, 0.2) is 0 Å². The first kappa shape index (κ1) is 22.9. The SMILES string of the molecule is COc1ccc([N+](=O)[O-])cc1N(CC(=O)NCCOc1cccc(C)c1)S(C)(=O)=O. The maximum absolute atomic E-state index is 12.3. The molecule has 0 unspecified atom stereocenters. The maximum Gasteiger partial charge on any atom is 0.271 e. The first-order valence-electron chi connectivity index (χ1n) is 8.88. The number of hydrogen-bond donors (Lipinski definition) is 1. The van der Waals surface area contributed by atoms with Crippen LogP contribution in [-0.4, -0.2) is 52.3 Å². The number of amides is 1. The van der Waals surface area contributed by atoms with E-state index >= 15 is 0 Å². The number of benzene rings is 2. The quantitative estimate of drug-likeness (QED) is 0.341. The Morgan fingerprint density at radius 2 is 1.97 bits per heavy atom. The Labute approximate surface area is 174 Å². The van der Waals surface area contributed by atoms with Crippen molar-refractivity contribution in [1.29, 1.82) is 0 Å². The number of nitrogens with one attached hydrogen (secondary N) is 1. The molecule has 0 saturated heterocycles. The van der Waals surface area contributed by atoms with Crippen LogP contribution in [0.25, 0.3) is 0 Å². The second-order valence-electron chi connectivity index (χ2n) is 6.40. The summed E-state index contributed by atoms with van der Waals surface area (Å²) in [6.07, 6.45) is 0.902. The molecule has 30 heavy (non-hydrogen) atoms. The third-order valence-corrected chi connectivity index (χ3v) is 5.14. The molecule has 0 fully saturated rings. The predicted molar refractivity (Wildman–Crippen MR) is 112 cm³/mol. The van der Waals surface area contributed by atoms with Crippen LogP contribution in [0.15, 0.2) is 42.5 Å². The fraction of sp³-hybridized carbons (Fsp3) is 0.316. The van der Waals surface area contributed by atoms with E-state index in [0.29, 0.717) is 5.75 Å². The number of nitro benzene ring substituents is 1. The van der Waals surface area contributed by atoms with Gasteiger partial charge in [0.05, 0.1) is 24.8 Å². The van der Waals surface area contributed by atoms with Gasteiger partial charge in [0.1, 0.15) is 30.3 Å². The van der Waals surface area contributed by atoms with Gasteiger partial charge in [-0.3, -0.25) is 19.2 Å². The largest absolute Gasteiger partial charge is 0.495 e. The van der Waals surface area contributed by atoms with Gasteiger partial charge in [-0.15, -0.1) is 0 Å². The average molecular weight is 437 g/mol. The third-order valence-electron chi connectivity index (χ3n) is 4.01. The second kappa shape index (κ2) is 9.92. The number of nitrogens with zero attached hydrogens (tertiary/aromatic N) is 2. The molecule has 0 radical (unpaired) electrons. The number of anilines is 1. The van der Waals surface area contributed by atoms with Crippen molar-refractivity contribution < 1.29 is 27.6 Å². The number of methoxy groups -OCH3 is 1. The number of nitro groups is 1. The van der Waals surface area contributed by atoms with Crippen molar-refractivity contribution in [3.8, 4) is 11.5 Å². The molecule has 2 rings (SSSR count). The highest BCUT2D eigenvalue weighted by Crippen LogP contribution is 2.33. The van der Waals surface area contributed by atoms with Crippen molar-refractivity contribution in [2.24, 2.45) is 0 Å². The molecule has 1 N–H and O–H groups in total. The molecule has 1 amide bonds. The zero-order valence-corrected chi connectivity index (χ0v) is 17.6. The molecule has 0 aliphatic carbocycles. The molecular weight excluding hydrogens is 414 g/mol. The molecule has 10 nitrogen and oxygen atoms in total. The van der Waals surface area contributed by atoms with E-state index in [2.05, 4.69) is 5.32 Å². The zero-order chi connectivity index (χ0) is 22.3. The minimum absolute atomic E-state index is 0.0848. The third kappa shape index (κ3) is 6.34. The highest BCUT2D eigenvalue weighted by molar-refractivity contribution is 7.92. The van der Waals surface area contributed by atoms with Crippen LogP contribution in [-0.2, 0) is 14.8 Å². The lowest BCUT2D eigenvalue weighted by molar-refractivity contribution is -0.384. The summed E-state index contributed by atoms with van der Waals surface area (Å²) in [7, 11) is -2.63. The highest BCUT2D eigenvalue weighted by atomic mass is 32.2. The van der Waals surface area contributed by atoms with Crippen molar-refractivity contribution in [2.75, 3.05) is 37.4 Å². The number of rotatable bonds is 10. The van der Waals surface area contributed by atoms with Crippen LogP contribution in [0.2, 0.25) is 0 Å². The lowest BCUT2D eigenvalue weighted by atomic mass is 10.2. The molecule has 0 aromatic heterocycles. The van der Waals surface area contributed by atoms with E-state index in [-0.39, 0.29) is 30.3 Å². The summed E-state index contributed by atoms with van der Waals surface area (Å²) < 4.78 is 35.9. The fourth-order valence-electron chi connectivity index (χ4n) is 2.62. The normalized spacial score (nSPS) is 10.9. The summed E-state index contributed by atoms with van der Waals surface area (Å²) in [4.78, 5) is 22.7. The van der Waals surface area contributed by atoms with Crippen molar-refractivity contribution in [1.82, 2.24) is 5.32 Å². The first-order valence-corrected chi connectivity index (χ1v) is 10.7. The number of hydrogen-bond acceptors (Lipinski definition) is 7. The Bertz CT molecular complexity index is 1020. The number of carbonyl (C=O) groups is 1. The molecule has 0 bridgehead atoms. The van der Waals surface area contributed by atoms with Gasteiger partial charge in [0.25, 0.3) is 5.69 Å². The molecular formula is C19H23N3O7S. The smallest absolute Gasteiger partial charge is 0.271 e. The van der Waals surface area contributed by atoms with E-state index in [0.717, 1.165) is 22.2 Å². The van der Waals surface area contributed by atoms with Crippen molar-refractivity contribution >= 4 is 27.3 Å². The van der Waals surface area contributed by atoms with E-state index in [4.69, 9.17) is 9.47 Å². The molecule has 0 atom stereocenters. The summed E-state index contributed by atoms with van der Waals surface area (Å²) >= 11 is 0. The van der Waals surface area contributed by atoms with Gasteiger partial charge >= 0.3 is 0 Å². The molecule has 0 saturated carbocycles. The van der Waals surface area contributed by atoms with Crippen molar-refractivity contribution in [2.45, 2.75) is 6.92 Å². The molecule has 162 valence electrons. The molecule has 2 aromatic carbocycles. The number of ether oxygens (including phenoxy) is 2. The van der Waals surface area contributed by atoms with Crippen molar-refractivity contribution in [3.05, 3.63) is 58.1 Å². The molecule has 0 aliphatic heterocycles. The molecule has 0 aliphatic rings. The standard InChI is InChI=1S/C19H23N3O7S/c1-14-5-4-6-16(11-14)29-10-9-20-19(23)13-21(30(3,26)27)17-12-15(22(24)25)7-8-18(17)28-2/h4-8,11-12H,9-10,13H2,1-3H3,(H,20,23). The predicted octanol–water partition coefficient (Wildman–Crippen LogP) is 1.87. The van der Waals surface area contributed by atoms with Gasteiger partial charge in [0, 0.05) is 12.1 Å². The number of sulfonamides is 1. The second-order valence-corrected chi connectivity index (χ2v) is 8.30. The summed E-state index contributed by atoms with van der Waals surface area (Å²) in [5, 5.41) is 13.6.